The van der Waals surface area contributed by atoms with Crippen molar-refractivity contribution in [2.75, 3.05) is 13.1 Å². The Hall–Kier alpha value is -1.66. The van der Waals surface area contributed by atoms with Crippen LogP contribution in [-0.2, 0) is 19.5 Å². The minimum absolute atomic E-state index is 0.104. The molecular weight excluding hydrogens is 314 g/mol. The first-order chi connectivity index (χ1) is 11.2. The van der Waals surface area contributed by atoms with Gasteiger partial charge in [0, 0.05) is 31.9 Å². The van der Waals surface area contributed by atoms with Crippen molar-refractivity contribution in [3.05, 3.63) is 45.4 Å². The summed E-state index contributed by atoms with van der Waals surface area (Å²) >= 11 is 6.18. The third kappa shape index (κ3) is 3.82. The second kappa shape index (κ2) is 7.27. The van der Waals surface area contributed by atoms with E-state index in [1.165, 1.54) is 0 Å². The summed E-state index contributed by atoms with van der Waals surface area (Å²) < 4.78 is 1.73. The van der Waals surface area contributed by atoms with E-state index in [9.17, 15) is 4.79 Å². The second-order valence-electron chi connectivity index (χ2n) is 6.08. The second-order valence-corrected chi connectivity index (χ2v) is 6.49. The van der Waals surface area contributed by atoms with Crippen molar-refractivity contribution in [1.82, 2.24) is 24.6 Å². The van der Waals surface area contributed by atoms with Crippen LogP contribution in [0.1, 0.15) is 31.2 Å². The number of halogens is 1. The van der Waals surface area contributed by atoms with E-state index < -0.39 is 0 Å². The lowest BCUT2D eigenvalue weighted by Gasteiger charge is -2.31. The molecule has 0 bridgehead atoms. The van der Waals surface area contributed by atoms with Gasteiger partial charge in [-0.15, -0.1) is 0 Å². The summed E-state index contributed by atoms with van der Waals surface area (Å²) in [5.74, 6) is 1.47. The first kappa shape index (κ1) is 16.2. The van der Waals surface area contributed by atoms with E-state index in [0.717, 1.165) is 55.3 Å². The van der Waals surface area contributed by atoms with Gasteiger partial charge in [-0.05, 0) is 50.4 Å². The van der Waals surface area contributed by atoms with Gasteiger partial charge < -0.3 is 0 Å². The molecule has 2 aromatic rings. The molecule has 124 valence electrons. The zero-order chi connectivity index (χ0) is 16.2. The Morgan fingerprint density at radius 3 is 2.87 bits per heavy atom. The molecule has 3 heterocycles. The fourth-order valence-electron chi connectivity index (χ4n) is 3.21. The number of nitrogens with zero attached hydrogens (tertiary/aromatic N) is 4. The van der Waals surface area contributed by atoms with Crippen LogP contribution in [0, 0.1) is 5.92 Å². The van der Waals surface area contributed by atoms with Crippen LogP contribution in [0.25, 0.3) is 0 Å². The van der Waals surface area contributed by atoms with E-state index in [4.69, 9.17) is 11.6 Å². The van der Waals surface area contributed by atoms with E-state index in [-0.39, 0.29) is 5.69 Å². The van der Waals surface area contributed by atoms with E-state index in [2.05, 4.69) is 20.1 Å². The van der Waals surface area contributed by atoms with Crippen molar-refractivity contribution in [3.63, 3.8) is 0 Å². The predicted octanol–water partition coefficient (Wildman–Crippen LogP) is 2.09. The SMILES string of the molecule is CCn1c(CC2CCN(Cc3ccncc3Cl)CC2)n[nH]c1=O. The maximum atomic E-state index is 11.6. The molecule has 0 aromatic carbocycles. The van der Waals surface area contributed by atoms with Crippen LogP contribution in [-0.4, -0.2) is 37.7 Å². The number of nitrogens with one attached hydrogen (secondary N) is 1. The quantitative estimate of drug-likeness (QED) is 0.908. The van der Waals surface area contributed by atoms with Gasteiger partial charge in [0.25, 0.3) is 0 Å². The van der Waals surface area contributed by atoms with Gasteiger partial charge in [0.1, 0.15) is 5.82 Å². The van der Waals surface area contributed by atoms with Crippen LogP contribution in [0.15, 0.2) is 23.3 Å². The summed E-state index contributed by atoms with van der Waals surface area (Å²) in [7, 11) is 0. The van der Waals surface area contributed by atoms with Crippen LogP contribution < -0.4 is 5.69 Å². The Bertz CT molecular complexity index is 702. The number of aromatic amines is 1. The van der Waals surface area contributed by atoms with Crippen LogP contribution in [0.4, 0.5) is 0 Å². The Labute approximate surface area is 140 Å². The summed E-state index contributed by atoms with van der Waals surface area (Å²) in [5, 5.41) is 7.45. The molecule has 1 saturated heterocycles. The highest BCUT2D eigenvalue weighted by molar-refractivity contribution is 6.31. The molecule has 23 heavy (non-hydrogen) atoms. The van der Waals surface area contributed by atoms with Gasteiger partial charge >= 0.3 is 5.69 Å². The minimum Gasteiger partial charge on any atom is -0.299 e. The van der Waals surface area contributed by atoms with Gasteiger partial charge in [0.15, 0.2) is 0 Å². The Kier molecular flexibility index (Phi) is 5.13. The Balaban J connectivity index is 1.54. The maximum absolute atomic E-state index is 11.6. The lowest BCUT2D eigenvalue weighted by molar-refractivity contribution is 0.175. The third-order valence-corrected chi connectivity index (χ3v) is 4.92. The van der Waals surface area contributed by atoms with E-state index in [0.29, 0.717) is 12.5 Å². The van der Waals surface area contributed by atoms with Gasteiger partial charge in [-0.2, -0.15) is 5.10 Å². The summed E-state index contributed by atoms with van der Waals surface area (Å²) in [6.07, 6.45) is 6.60. The number of likely N-dealkylation sites (tertiary alicyclic amines) is 1. The van der Waals surface area contributed by atoms with Gasteiger partial charge in [0.05, 0.1) is 5.02 Å². The standard InChI is InChI=1S/C16H22ClN5O/c1-2-22-15(19-20-16(22)23)9-12-4-7-21(8-5-12)11-13-3-6-18-10-14(13)17/h3,6,10,12H,2,4-5,7-9,11H2,1H3,(H,20,23). The van der Waals surface area contributed by atoms with Crippen molar-refractivity contribution in [2.24, 2.45) is 5.92 Å². The number of hydrogen-bond donors (Lipinski definition) is 1. The fraction of sp³-hybridized carbons (Fsp3) is 0.562. The molecular formula is C16H22ClN5O. The molecule has 0 radical (unpaired) electrons. The zero-order valence-corrected chi connectivity index (χ0v) is 14.1. The van der Waals surface area contributed by atoms with Gasteiger partial charge in [-0.1, -0.05) is 11.6 Å². The topological polar surface area (TPSA) is 66.8 Å². The monoisotopic (exact) mass is 335 g/mol. The molecule has 1 aliphatic heterocycles. The van der Waals surface area contributed by atoms with Crippen LogP contribution >= 0.6 is 11.6 Å². The van der Waals surface area contributed by atoms with Gasteiger partial charge in [-0.3, -0.25) is 14.5 Å². The summed E-state index contributed by atoms with van der Waals surface area (Å²) in [5.41, 5.74) is 1.03. The van der Waals surface area contributed by atoms with E-state index in [1.54, 1.807) is 17.0 Å². The molecule has 0 amide bonds. The number of piperidine rings is 1. The number of H-pyrrole nitrogens is 1. The lowest BCUT2D eigenvalue weighted by atomic mass is 9.93. The van der Waals surface area contributed by atoms with Crippen LogP contribution in [0.2, 0.25) is 5.02 Å². The van der Waals surface area contributed by atoms with Crippen molar-refractivity contribution in [3.8, 4) is 0 Å². The van der Waals surface area contributed by atoms with Crippen LogP contribution in [0.5, 0.6) is 0 Å². The van der Waals surface area contributed by atoms with Gasteiger partial charge in [-0.25, -0.2) is 9.89 Å². The summed E-state index contributed by atoms with van der Waals surface area (Å²) in [6, 6.07) is 1.98. The van der Waals surface area contributed by atoms with Crippen molar-refractivity contribution >= 4 is 11.6 Å². The normalized spacial score (nSPS) is 16.8. The maximum Gasteiger partial charge on any atom is 0.343 e. The molecule has 1 N–H and O–H groups in total. The third-order valence-electron chi connectivity index (χ3n) is 4.58. The smallest absolute Gasteiger partial charge is 0.299 e. The Morgan fingerprint density at radius 1 is 1.39 bits per heavy atom. The molecule has 0 aliphatic carbocycles. The van der Waals surface area contributed by atoms with Crippen LogP contribution in [0.3, 0.4) is 0 Å². The minimum atomic E-state index is -0.104. The highest BCUT2D eigenvalue weighted by Crippen LogP contribution is 2.23. The summed E-state index contributed by atoms with van der Waals surface area (Å²) in [4.78, 5) is 18.1. The number of hydrogen-bond acceptors (Lipinski definition) is 4. The number of pyridine rings is 1. The van der Waals surface area contributed by atoms with Gasteiger partial charge in [0.2, 0.25) is 0 Å². The number of aromatic nitrogens is 4. The molecule has 7 heteroatoms. The lowest BCUT2D eigenvalue weighted by Crippen LogP contribution is -2.34. The Morgan fingerprint density at radius 2 is 2.17 bits per heavy atom. The molecule has 1 aliphatic rings. The number of rotatable bonds is 5. The first-order valence-corrected chi connectivity index (χ1v) is 8.50. The van der Waals surface area contributed by atoms with Crippen molar-refractivity contribution < 1.29 is 0 Å². The van der Waals surface area contributed by atoms with E-state index in [1.807, 2.05) is 13.0 Å². The summed E-state index contributed by atoms with van der Waals surface area (Å²) in [6.45, 7) is 5.61. The fourth-order valence-corrected chi connectivity index (χ4v) is 3.39. The first-order valence-electron chi connectivity index (χ1n) is 8.12. The molecule has 6 nitrogen and oxygen atoms in total. The predicted molar refractivity (Wildman–Crippen MR) is 89.5 cm³/mol. The van der Waals surface area contributed by atoms with E-state index >= 15 is 0 Å². The molecule has 0 spiro atoms. The molecule has 0 atom stereocenters. The van der Waals surface area contributed by atoms with Crippen molar-refractivity contribution in [1.29, 1.82) is 0 Å². The molecule has 3 rings (SSSR count). The molecule has 2 aromatic heterocycles. The highest BCUT2D eigenvalue weighted by atomic mass is 35.5. The zero-order valence-electron chi connectivity index (χ0n) is 13.3. The average Bonchev–Trinajstić information content (AvgIpc) is 2.91. The molecule has 0 saturated carbocycles. The highest BCUT2D eigenvalue weighted by Gasteiger charge is 2.22. The molecule has 1 fully saturated rings. The largest absolute Gasteiger partial charge is 0.343 e. The average molecular weight is 336 g/mol. The molecule has 0 unspecified atom stereocenters. The van der Waals surface area contributed by atoms with Crippen molar-refractivity contribution in [2.45, 2.75) is 39.3 Å².